The standard InChI is InChI=1S/C17H31N3O/c1-17(2,3)18-11-14-8-10-21-16(14)13-20-9-6-7-15(20)12-19(4)5/h8,10,15,18H,6-7,9,11-13H2,1-5H3. The van der Waals surface area contributed by atoms with Gasteiger partial charge in [-0.3, -0.25) is 4.90 Å². The Kier molecular flexibility index (Phi) is 5.47. The first-order chi connectivity index (χ1) is 9.85. The van der Waals surface area contributed by atoms with E-state index in [1.165, 1.54) is 24.9 Å². The van der Waals surface area contributed by atoms with Gasteiger partial charge in [0.1, 0.15) is 5.76 Å². The molecule has 2 rings (SSSR count). The van der Waals surface area contributed by atoms with Crippen LogP contribution in [0.15, 0.2) is 16.7 Å². The van der Waals surface area contributed by atoms with E-state index in [2.05, 4.69) is 56.0 Å². The van der Waals surface area contributed by atoms with Crippen LogP contribution in [0.1, 0.15) is 44.9 Å². The number of nitrogens with zero attached hydrogens (tertiary/aromatic N) is 2. The van der Waals surface area contributed by atoms with Crippen LogP contribution in [-0.4, -0.2) is 48.6 Å². The lowest BCUT2D eigenvalue weighted by Gasteiger charge is -2.27. The molecule has 0 aromatic carbocycles. The Balaban J connectivity index is 1.95. The van der Waals surface area contributed by atoms with E-state index in [0.717, 1.165) is 25.4 Å². The molecule has 0 saturated carbocycles. The van der Waals surface area contributed by atoms with Gasteiger partial charge in [-0.1, -0.05) is 0 Å². The van der Waals surface area contributed by atoms with Gasteiger partial charge in [0.25, 0.3) is 0 Å². The molecule has 21 heavy (non-hydrogen) atoms. The van der Waals surface area contributed by atoms with Gasteiger partial charge in [0.2, 0.25) is 0 Å². The fourth-order valence-electron chi connectivity index (χ4n) is 2.94. The first kappa shape index (κ1) is 16.5. The summed E-state index contributed by atoms with van der Waals surface area (Å²) in [5.41, 5.74) is 1.43. The monoisotopic (exact) mass is 293 g/mol. The second-order valence-corrected chi connectivity index (χ2v) is 7.50. The van der Waals surface area contributed by atoms with Crippen molar-refractivity contribution in [3.05, 3.63) is 23.7 Å². The molecule has 0 bridgehead atoms. The first-order valence-electron chi connectivity index (χ1n) is 8.04. The lowest BCUT2D eigenvalue weighted by Crippen LogP contribution is -2.37. The summed E-state index contributed by atoms with van der Waals surface area (Å²) >= 11 is 0. The van der Waals surface area contributed by atoms with Crippen molar-refractivity contribution in [3.63, 3.8) is 0 Å². The Morgan fingerprint density at radius 3 is 2.81 bits per heavy atom. The van der Waals surface area contributed by atoms with E-state index >= 15 is 0 Å². The molecule has 0 aliphatic carbocycles. The average molecular weight is 293 g/mol. The molecule has 4 nitrogen and oxygen atoms in total. The average Bonchev–Trinajstić information content (AvgIpc) is 2.96. The number of rotatable bonds is 6. The SMILES string of the molecule is CN(C)CC1CCCN1Cc1occc1CNC(C)(C)C. The second-order valence-electron chi connectivity index (χ2n) is 7.50. The highest BCUT2D eigenvalue weighted by atomic mass is 16.3. The molecule has 1 atom stereocenters. The fraction of sp³-hybridized carbons (Fsp3) is 0.765. The van der Waals surface area contributed by atoms with Crippen molar-refractivity contribution < 1.29 is 4.42 Å². The molecule has 1 aromatic heterocycles. The summed E-state index contributed by atoms with van der Waals surface area (Å²) in [4.78, 5) is 4.85. The zero-order valence-corrected chi connectivity index (χ0v) is 14.3. The van der Waals surface area contributed by atoms with Crippen molar-refractivity contribution in [2.45, 2.75) is 58.3 Å². The minimum absolute atomic E-state index is 0.135. The summed E-state index contributed by atoms with van der Waals surface area (Å²) in [5.74, 6) is 1.12. The van der Waals surface area contributed by atoms with Crippen LogP contribution in [0.3, 0.4) is 0 Å². The predicted octanol–water partition coefficient (Wildman–Crippen LogP) is 2.69. The van der Waals surface area contributed by atoms with Crippen molar-refractivity contribution >= 4 is 0 Å². The summed E-state index contributed by atoms with van der Waals surface area (Å²) in [5, 5.41) is 3.55. The van der Waals surface area contributed by atoms with E-state index in [4.69, 9.17) is 4.42 Å². The van der Waals surface area contributed by atoms with Crippen LogP contribution in [-0.2, 0) is 13.1 Å². The van der Waals surface area contributed by atoms with E-state index in [1.807, 2.05) is 6.26 Å². The minimum atomic E-state index is 0.135. The summed E-state index contributed by atoms with van der Waals surface area (Å²) in [6, 6.07) is 2.76. The van der Waals surface area contributed by atoms with Gasteiger partial charge in [-0.05, 0) is 60.3 Å². The maximum absolute atomic E-state index is 5.75. The normalized spacial score (nSPS) is 20.6. The second kappa shape index (κ2) is 6.95. The summed E-state index contributed by atoms with van der Waals surface area (Å²) in [6.07, 6.45) is 4.43. The maximum Gasteiger partial charge on any atom is 0.122 e. The third kappa shape index (κ3) is 5.13. The first-order valence-corrected chi connectivity index (χ1v) is 8.04. The molecule has 1 aliphatic heterocycles. The van der Waals surface area contributed by atoms with Gasteiger partial charge < -0.3 is 14.6 Å². The molecular formula is C17H31N3O. The molecule has 1 N–H and O–H groups in total. The highest BCUT2D eigenvalue weighted by molar-refractivity contribution is 5.17. The molecule has 4 heteroatoms. The Bertz CT molecular complexity index is 433. The predicted molar refractivity (Wildman–Crippen MR) is 87.3 cm³/mol. The molecule has 1 fully saturated rings. The van der Waals surface area contributed by atoms with Crippen molar-refractivity contribution in [3.8, 4) is 0 Å². The lowest BCUT2D eigenvalue weighted by molar-refractivity contribution is 0.188. The van der Waals surface area contributed by atoms with Gasteiger partial charge >= 0.3 is 0 Å². The molecule has 1 saturated heterocycles. The number of likely N-dealkylation sites (N-methyl/N-ethyl adjacent to an activating group) is 1. The zero-order valence-electron chi connectivity index (χ0n) is 14.3. The number of hydrogen-bond acceptors (Lipinski definition) is 4. The van der Waals surface area contributed by atoms with Crippen LogP contribution in [0.5, 0.6) is 0 Å². The van der Waals surface area contributed by atoms with Crippen LogP contribution < -0.4 is 5.32 Å². The van der Waals surface area contributed by atoms with Gasteiger partial charge in [0, 0.05) is 30.2 Å². The van der Waals surface area contributed by atoms with Crippen molar-refractivity contribution in [1.82, 2.24) is 15.1 Å². The third-order valence-electron chi connectivity index (χ3n) is 4.07. The smallest absolute Gasteiger partial charge is 0.122 e. The van der Waals surface area contributed by atoms with Gasteiger partial charge in [0.15, 0.2) is 0 Å². The highest BCUT2D eigenvalue weighted by Gasteiger charge is 2.26. The zero-order chi connectivity index (χ0) is 15.5. The lowest BCUT2D eigenvalue weighted by atomic mass is 10.1. The molecule has 120 valence electrons. The Labute approximate surface area is 129 Å². The molecule has 0 radical (unpaired) electrons. The molecule has 1 aromatic rings. The Morgan fingerprint density at radius 1 is 1.38 bits per heavy atom. The van der Waals surface area contributed by atoms with Crippen molar-refractivity contribution in [1.29, 1.82) is 0 Å². The van der Waals surface area contributed by atoms with Crippen LogP contribution in [0.2, 0.25) is 0 Å². The number of likely N-dealkylation sites (tertiary alicyclic amines) is 1. The van der Waals surface area contributed by atoms with Crippen molar-refractivity contribution in [2.75, 3.05) is 27.2 Å². The highest BCUT2D eigenvalue weighted by Crippen LogP contribution is 2.23. The van der Waals surface area contributed by atoms with Crippen LogP contribution in [0, 0.1) is 0 Å². The van der Waals surface area contributed by atoms with E-state index in [0.29, 0.717) is 6.04 Å². The largest absolute Gasteiger partial charge is 0.468 e. The quantitative estimate of drug-likeness (QED) is 0.874. The van der Waals surface area contributed by atoms with E-state index in [9.17, 15) is 0 Å². The van der Waals surface area contributed by atoms with Gasteiger partial charge in [-0.15, -0.1) is 0 Å². The van der Waals surface area contributed by atoms with Crippen LogP contribution in [0.4, 0.5) is 0 Å². The van der Waals surface area contributed by atoms with Gasteiger partial charge in [0.05, 0.1) is 12.8 Å². The molecular weight excluding hydrogens is 262 g/mol. The van der Waals surface area contributed by atoms with Crippen molar-refractivity contribution in [2.24, 2.45) is 0 Å². The molecule has 0 spiro atoms. The maximum atomic E-state index is 5.75. The summed E-state index contributed by atoms with van der Waals surface area (Å²) in [6.45, 7) is 10.7. The summed E-state index contributed by atoms with van der Waals surface area (Å²) in [7, 11) is 4.31. The van der Waals surface area contributed by atoms with Crippen LogP contribution in [0.25, 0.3) is 0 Å². The van der Waals surface area contributed by atoms with E-state index < -0.39 is 0 Å². The molecule has 0 amide bonds. The van der Waals surface area contributed by atoms with Gasteiger partial charge in [-0.2, -0.15) is 0 Å². The van der Waals surface area contributed by atoms with Gasteiger partial charge in [-0.25, -0.2) is 0 Å². The molecule has 1 aliphatic rings. The summed E-state index contributed by atoms with van der Waals surface area (Å²) < 4.78 is 5.75. The Hall–Kier alpha value is -0.840. The van der Waals surface area contributed by atoms with Crippen LogP contribution >= 0.6 is 0 Å². The molecule has 1 unspecified atom stereocenters. The Morgan fingerprint density at radius 2 is 2.14 bits per heavy atom. The van der Waals surface area contributed by atoms with E-state index in [-0.39, 0.29) is 5.54 Å². The third-order valence-corrected chi connectivity index (χ3v) is 4.07. The number of nitrogens with one attached hydrogen (secondary N) is 1. The minimum Gasteiger partial charge on any atom is -0.468 e. The van der Waals surface area contributed by atoms with E-state index in [1.54, 1.807) is 0 Å². The number of furan rings is 1. The number of hydrogen-bond donors (Lipinski definition) is 1. The topological polar surface area (TPSA) is 31.6 Å². The fourth-order valence-corrected chi connectivity index (χ4v) is 2.94. The molecule has 2 heterocycles.